The average Bonchev–Trinajstić information content (AvgIpc) is 3.42. The third-order valence-corrected chi connectivity index (χ3v) is 18.8. The highest BCUT2D eigenvalue weighted by atomic mass is 19.1. The second kappa shape index (κ2) is 31.4. The van der Waals surface area contributed by atoms with Gasteiger partial charge in [-0.3, -0.25) is 9.59 Å². The van der Waals surface area contributed by atoms with E-state index >= 15 is 4.39 Å². The molecule has 3 aliphatic heterocycles. The number of hydrogen-bond donors (Lipinski definition) is 3. The standard InChI is InChI=1S/C65H103FN6O10/c1-16-55-33-51(32-54(73)38-78-17-2)44(8)60(68-28-27-67)42(6)35-65(12,77-15)63(45(9)59(46(10)64(75)81-55)57-30-41(5)61(74)47(11)80-57)82-58-34-53(31-43(7)79-58)71(13)29-26-52-37-72(70-69-52)56(36-66)62(76-14)50-24-22-49(23-25-50)48-20-18-39(3)40(4)19-21-48/h18-25,37,41-47,51,53,55-63,68,74H,3,16-17,26-36,38,67H2,1-2,4-15H3/t41-,42+,43+,44+,45-,46+,47-,51-,53-,55+,56+,57+,58-,59?,60-,61+,62+,63+,65+/m0/s1. The summed E-state index contributed by atoms with van der Waals surface area (Å²) in [6.07, 6.45) is 10.4. The average molecular weight is 1150 g/mol. The molecule has 16 nitrogen and oxygen atoms in total. The summed E-state index contributed by atoms with van der Waals surface area (Å²) in [5, 5.41) is 23.9. The number of likely N-dealkylation sites (N-methyl/N-ethyl adjacent to an activating group) is 1. The lowest BCUT2D eigenvalue weighted by Gasteiger charge is -2.50. The van der Waals surface area contributed by atoms with E-state index in [0.29, 0.717) is 64.8 Å². The fourth-order valence-electron chi connectivity index (χ4n) is 13.7. The number of cyclic esters (lactones) is 1. The molecule has 3 fully saturated rings. The number of aromatic nitrogens is 3. The summed E-state index contributed by atoms with van der Waals surface area (Å²) < 4.78 is 62.6. The van der Waals surface area contributed by atoms with E-state index in [-0.39, 0.29) is 72.6 Å². The smallest absolute Gasteiger partial charge is 0.309 e. The summed E-state index contributed by atoms with van der Waals surface area (Å²) in [5.74, 6) is -2.01. The third kappa shape index (κ3) is 17.1. The maximum atomic E-state index is 15.1. The van der Waals surface area contributed by atoms with Crippen LogP contribution in [0.3, 0.4) is 0 Å². The number of carbonyl (C=O) groups is 2. The number of esters is 1. The molecule has 1 aromatic carbocycles. The van der Waals surface area contributed by atoms with Gasteiger partial charge in [0.05, 0.1) is 47.7 Å². The Morgan fingerprint density at radius 2 is 1.74 bits per heavy atom. The van der Waals surface area contributed by atoms with Gasteiger partial charge in [0.15, 0.2) is 12.1 Å². The minimum atomic E-state index is -0.942. The van der Waals surface area contributed by atoms with Crippen molar-refractivity contribution < 1.29 is 52.2 Å². The molecular formula is C65H103FN6O10. The minimum Gasteiger partial charge on any atom is -0.462 e. The molecule has 1 aromatic heterocycles. The zero-order valence-corrected chi connectivity index (χ0v) is 52.1. The molecule has 4 N–H and O–H groups in total. The van der Waals surface area contributed by atoms with Crippen molar-refractivity contribution in [2.45, 2.75) is 200 Å². The number of ketones is 1. The van der Waals surface area contributed by atoms with E-state index in [1.165, 1.54) is 0 Å². The fourth-order valence-corrected chi connectivity index (χ4v) is 13.7. The van der Waals surface area contributed by atoms with Crippen LogP contribution in [0.1, 0.15) is 150 Å². The number of halogens is 1. The lowest BCUT2D eigenvalue weighted by atomic mass is 9.67. The second-order valence-electron chi connectivity index (χ2n) is 24.8. The highest BCUT2D eigenvalue weighted by Crippen LogP contribution is 2.45. The number of rotatable bonds is 23. The van der Waals surface area contributed by atoms with Crippen molar-refractivity contribution in [2.24, 2.45) is 47.2 Å². The SMILES string of the molecule is C=C1C=CC(c2ccc([C@@H](OC)[C@@H](CF)n3cc(CCN(C)[C@@H]4C[C@H](O[C@@H]5[C@@H](C)C([C@H]6C[C@H](C)[C@@H](O)[C@H](C)O6)[C@@H](C)C(=O)O[C@H](CC)C[C@H](CC(=O)COCC)[C@@H](C)[C@@H](NCCN)[C@H](C)C[C@@]5(C)OC)O[C@H](C)C4)nn3)cc2)=CC=C1C. The summed E-state index contributed by atoms with van der Waals surface area (Å²) >= 11 is 0. The van der Waals surface area contributed by atoms with Gasteiger partial charge in [-0.1, -0.05) is 102 Å². The van der Waals surface area contributed by atoms with Crippen molar-refractivity contribution in [3.63, 3.8) is 0 Å². The Morgan fingerprint density at radius 1 is 1.01 bits per heavy atom. The van der Waals surface area contributed by atoms with Crippen LogP contribution < -0.4 is 11.1 Å². The van der Waals surface area contributed by atoms with Crippen molar-refractivity contribution in [3.8, 4) is 0 Å². The first-order chi connectivity index (χ1) is 39.1. The second-order valence-corrected chi connectivity index (χ2v) is 24.8. The van der Waals surface area contributed by atoms with Crippen molar-refractivity contribution in [2.75, 3.05) is 60.8 Å². The first-order valence-corrected chi connectivity index (χ1v) is 30.6. The molecule has 82 heavy (non-hydrogen) atoms. The topological polar surface area (TPSA) is 191 Å². The zero-order valence-electron chi connectivity index (χ0n) is 52.1. The summed E-state index contributed by atoms with van der Waals surface area (Å²) in [6, 6.07) is 7.25. The minimum absolute atomic E-state index is 0.0112. The van der Waals surface area contributed by atoms with Crippen LogP contribution in [0, 0.1) is 41.4 Å². The number of nitrogens with one attached hydrogen (secondary N) is 1. The molecule has 2 aromatic rings. The Balaban J connectivity index is 1.26. The van der Waals surface area contributed by atoms with Gasteiger partial charge in [0.25, 0.3) is 0 Å². The molecule has 1 unspecified atom stereocenters. The van der Waals surface area contributed by atoms with Gasteiger partial charge in [0, 0.05) is 83.9 Å². The number of alkyl halides is 1. The van der Waals surface area contributed by atoms with E-state index in [2.05, 4.69) is 87.0 Å². The van der Waals surface area contributed by atoms with E-state index in [0.717, 1.165) is 40.0 Å². The number of aliphatic hydroxyl groups is 1. The molecule has 17 heteroatoms. The van der Waals surface area contributed by atoms with Crippen molar-refractivity contribution in [1.29, 1.82) is 0 Å². The molecule has 0 saturated carbocycles. The molecule has 6 rings (SSSR count). The lowest BCUT2D eigenvalue weighted by molar-refractivity contribution is -0.274. The molecule has 19 atom stereocenters. The van der Waals surface area contributed by atoms with Crippen LogP contribution >= 0.6 is 0 Å². The van der Waals surface area contributed by atoms with Crippen LogP contribution in [0.2, 0.25) is 0 Å². The quantitative estimate of drug-likeness (QED) is 0.0891. The summed E-state index contributed by atoms with van der Waals surface area (Å²) in [4.78, 5) is 30.8. The molecule has 4 aliphatic rings. The van der Waals surface area contributed by atoms with Gasteiger partial charge in [-0.25, -0.2) is 9.07 Å². The number of nitrogens with two attached hydrogens (primary N) is 1. The van der Waals surface area contributed by atoms with Crippen LogP contribution in [0.4, 0.5) is 4.39 Å². The molecule has 1 aliphatic carbocycles. The number of carbonyl (C=O) groups excluding carboxylic acids is 2. The van der Waals surface area contributed by atoms with Crippen LogP contribution in [-0.2, 0) is 49.2 Å². The third-order valence-electron chi connectivity index (χ3n) is 18.8. The molecule has 3 saturated heterocycles. The van der Waals surface area contributed by atoms with Gasteiger partial charge in [0.2, 0.25) is 0 Å². The van der Waals surface area contributed by atoms with E-state index in [9.17, 15) is 14.7 Å². The van der Waals surface area contributed by atoms with Crippen molar-refractivity contribution in [3.05, 3.63) is 89.3 Å². The number of ether oxygens (including phenoxy) is 7. The van der Waals surface area contributed by atoms with Crippen molar-refractivity contribution in [1.82, 2.24) is 25.2 Å². The van der Waals surface area contributed by atoms with Gasteiger partial charge in [-0.2, -0.15) is 0 Å². The van der Waals surface area contributed by atoms with Crippen LogP contribution in [0.15, 0.2) is 72.5 Å². The highest BCUT2D eigenvalue weighted by Gasteiger charge is 2.52. The summed E-state index contributed by atoms with van der Waals surface area (Å²) in [5.41, 5.74) is 11.0. The molecule has 0 amide bonds. The normalized spacial score (nSPS) is 34.4. The predicted molar refractivity (Wildman–Crippen MR) is 319 cm³/mol. The monoisotopic (exact) mass is 1150 g/mol. The van der Waals surface area contributed by atoms with Gasteiger partial charge >= 0.3 is 5.97 Å². The van der Waals surface area contributed by atoms with Crippen molar-refractivity contribution >= 4 is 17.3 Å². The van der Waals surface area contributed by atoms with E-state index in [4.69, 9.17) is 38.9 Å². The lowest BCUT2D eigenvalue weighted by Crippen LogP contribution is -2.58. The number of nitrogens with zero attached hydrogens (tertiary/aromatic N) is 4. The van der Waals surface area contributed by atoms with Crippen LogP contribution in [0.5, 0.6) is 0 Å². The molecule has 4 heterocycles. The molecule has 460 valence electrons. The number of hydrogen-bond acceptors (Lipinski definition) is 15. The Hall–Kier alpha value is -4.01. The molecule has 0 bridgehead atoms. The number of methoxy groups -OCH3 is 2. The largest absolute Gasteiger partial charge is 0.462 e. The van der Waals surface area contributed by atoms with Gasteiger partial charge in [-0.05, 0) is 131 Å². The Morgan fingerprint density at radius 3 is 2.39 bits per heavy atom. The summed E-state index contributed by atoms with van der Waals surface area (Å²) in [6.45, 7) is 28.1. The first-order valence-electron chi connectivity index (χ1n) is 30.6. The number of benzene rings is 1. The summed E-state index contributed by atoms with van der Waals surface area (Å²) in [7, 11) is 5.44. The zero-order chi connectivity index (χ0) is 60.0. The van der Waals surface area contributed by atoms with E-state index in [1.807, 2.05) is 78.1 Å². The Kier molecular flexibility index (Phi) is 25.7. The fraction of sp³-hybridized carbons (Fsp3) is 0.723. The molecule has 0 spiro atoms. The number of Topliss-reactive ketones (excluding diaryl/α,β-unsaturated/α-hetero) is 1. The Labute approximate surface area is 490 Å². The maximum absolute atomic E-state index is 15.1. The Bertz CT molecular complexity index is 2420. The van der Waals surface area contributed by atoms with Crippen LogP contribution in [0.25, 0.3) is 5.57 Å². The van der Waals surface area contributed by atoms with Gasteiger partial charge < -0.3 is 54.2 Å². The van der Waals surface area contributed by atoms with E-state index in [1.54, 1.807) is 18.9 Å². The maximum Gasteiger partial charge on any atom is 0.309 e. The molecule has 0 radical (unpaired) electrons. The highest BCUT2D eigenvalue weighted by molar-refractivity contribution is 5.80. The molecular weight excluding hydrogens is 1040 g/mol. The number of allylic oxidation sites excluding steroid dienone is 7. The van der Waals surface area contributed by atoms with Gasteiger partial charge in [-0.15, -0.1) is 5.10 Å². The first kappa shape index (κ1) is 67.1. The number of aliphatic hydroxyl groups excluding tert-OH is 1. The van der Waals surface area contributed by atoms with E-state index < -0.39 is 73.1 Å². The van der Waals surface area contributed by atoms with Crippen LogP contribution in [-0.4, -0.2) is 158 Å². The van der Waals surface area contributed by atoms with Gasteiger partial charge in [0.1, 0.15) is 31.5 Å². The predicted octanol–water partition coefficient (Wildman–Crippen LogP) is 9.77.